The van der Waals surface area contributed by atoms with Crippen LogP contribution >= 0.6 is 0 Å². The molecule has 6 nitrogen and oxygen atoms in total. The predicted octanol–water partition coefficient (Wildman–Crippen LogP) is 0.210. The van der Waals surface area contributed by atoms with Crippen LogP contribution in [0.15, 0.2) is 12.1 Å². The highest BCUT2D eigenvalue weighted by Crippen LogP contribution is 2.21. The Hall–Kier alpha value is -1.66. The maximum Gasteiger partial charge on any atom is 0.283 e. The van der Waals surface area contributed by atoms with Crippen LogP contribution in [0.2, 0.25) is 0 Å². The second-order valence-corrected chi connectivity index (χ2v) is 4.70. The van der Waals surface area contributed by atoms with Gasteiger partial charge >= 0.3 is 0 Å². The fraction of sp³-hybridized carbons (Fsp3) is 0.538. The van der Waals surface area contributed by atoms with E-state index in [0.717, 1.165) is 31.6 Å². The van der Waals surface area contributed by atoms with Gasteiger partial charge in [0.05, 0.1) is 0 Å². The number of piperidine rings is 1. The van der Waals surface area contributed by atoms with E-state index in [9.17, 15) is 4.79 Å². The van der Waals surface area contributed by atoms with E-state index in [1.807, 2.05) is 6.07 Å². The van der Waals surface area contributed by atoms with E-state index in [2.05, 4.69) is 15.3 Å². The third-order valence-electron chi connectivity index (χ3n) is 3.32. The summed E-state index contributed by atoms with van der Waals surface area (Å²) in [5, 5.41) is 9.03. The molecule has 1 aromatic heterocycles. The first-order valence-corrected chi connectivity index (χ1v) is 6.62. The van der Waals surface area contributed by atoms with Crippen molar-refractivity contribution >= 4 is 11.6 Å². The van der Waals surface area contributed by atoms with Gasteiger partial charge in [-0.15, -0.1) is 0 Å². The van der Waals surface area contributed by atoms with Gasteiger partial charge in [-0.1, -0.05) is 0 Å². The number of carbonyl (C=O) groups is 1. The van der Waals surface area contributed by atoms with Crippen molar-refractivity contribution in [3.05, 3.63) is 23.5 Å². The van der Waals surface area contributed by atoms with Crippen molar-refractivity contribution in [1.82, 2.24) is 10.4 Å². The highest BCUT2D eigenvalue weighted by Gasteiger charge is 2.15. The molecule has 0 bridgehead atoms. The molecule has 1 amide bonds. The van der Waals surface area contributed by atoms with E-state index in [0.29, 0.717) is 17.8 Å². The Morgan fingerprint density at radius 1 is 1.37 bits per heavy atom. The molecular formula is C13H20N4O2. The van der Waals surface area contributed by atoms with Gasteiger partial charge in [-0.25, -0.2) is 10.8 Å². The maximum absolute atomic E-state index is 11.6. The average molecular weight is 264 g/mol. The first-order chi connectivity index (χ1) is 9.24. The van der Waals surface area contributed by atoms with Gasteiger partial charge in [-0.05, 0) is 31.4 Å². The number of aliphatic hydroxyl groups is 1. The summed E-state index contributed by atoms with van der Waals surface area (Å²) in [5.41, 5.74) is 4.09. The largest absolute Gasteiger partial charge is 0.396 e. The Morgan fingerprint density at radius 3 is 2.74 bits per heavy atom. The van der Waals surface area contributed by atoms with Crippen LogP contribution in [-0.2, 0) is 6.42 Å². The molecule has 1 aliphatic heterocycles. The molecule has 0 aliphatic carbocycles. The number of nitrogens with zero attached hydrogens (tertiary/aromatic N) is 2. The molecule has 2 rings (SSSR count). The van der Waals surface area contributed by atoms with Crippen molar-refractivity contribution in [3.63, 3.8) is 0 Å². The lowest BCUT2D eigenvalue weighted by Crippen LogP contribution is -2.32. The lowest BCUT2D eigenvalue weighted by molar-refractivity contribution is 0.0948. The van der Waals surface area contributed by atoms with Crippen LogP contribution in [0.5, 0.6) is 0 Å². The summed E-state index contributed by atoms with van der Waals surface area (Å²) in [6, 6.07) is 3.70. The number of aromatic nitrogens is 1. The number of nitrogen functional groups attached to an aromatic ring is 1. The number of aliphatic hydroxyl groups excluding tert-OH is 1. The van der Waals surface area contributed by atoms with Gasteiger partial charge < -0.3 is 10.0 Å². The third kappa shape index (κ3) is 3.42. The minimum atomic E-state index is -0.405. The zero-order valence-corrected chi connectivity index (χ0v) is 10.9. The van der Waals surface area contributed by atoms with E-state index in [1.54, 1.807) is 6.07 Å². The molecule has 1 saturated heterocycles. The predicted molar refractivity (Wildman–Crippen MR) is 72.7 cm³/mol. The number of nitrogens with two attached hydrogens (primary N) is 1. The summed E-state index contributed by atoms with van der Waals surface area (Å²) in [6.07, 6.45) is 4.01. The third-order valence-corrected chi connectivity index (χ3v) is 3.32. The molecule has 2 heterocycles. The molecular weight excluding hydrogens is 244 g/mol. The zero-order valence-electron chi connectivity index (χ0n) is 10.9. The highest BCUT2D eigenvalue weighted by atomic mass is 16.3. The van der Waals surface area contributed by atoms with Crippen molar-refractivity contribution in [2.45, 2.75) is 25.7 Å². The van der Waals surface area contributed by atoms with Crippen LogP contribution < -0.4 is 16.2 Å². The van der Waals surface area contributed by atoms with Crippen LogP contribution in [0.3, 0.4) is 0 Å². The smallest absolute Gasteiger partial charge is 0.283 e. The second kappa shape index (κ2) is 6.49. The molecule has 1 aromatic rings. The van der Waals surface area contributed by atoms with Gasteiger partial charge in [0.25, 0.3) is 5.91 Å². The molecule has 1 fully saturated rings. The second-order valence-electron chi connectivity index (χ2n) is 4.70. The average Bonchev–Trinajstić information content (AvgIpc) is 2.47. The van der Waals surface area contributed by atoms with Gasteiger partial charge in [0, 0.05) is 37.5 Å². The van der Waals surface area contributed by atoms with Crippen LogP contribution in [0.1, 0.15) is 35.4 Å². The van der Waals surface area contributed by atoms with Crippen LogP contribution in [0.25, 0.3) is 0 Å². The first-order valence-electron chi connectivity index (χ1n) is 6.62. The first kappa shape index (κ1) is 13.8. The fourth-order valence-electron chi connectivity index (χ4n) is 2.34. The number of hydrogen-bond donors (Lipinski definition) is 3. The lowest BCUT2D eigenvalue weighted by atomic mass is 10.1. The summed E-state index contributed by atoms with van der Waals surface area (Å²) < 4.78 is 0. The summed E-state index contributed by atoms with van der Waals surface area (Å²) in [7, 11) is 0. The Labute approximate surface area is 112 Å². The number of nitrogens with one attached hydrogen (secondary N) is 1. The summed E-state index contributed by atoms with van der Waals surface area (Å²) >= 11 is 0. The Morgan fingerprint density at radius 2 is 2.11 bits per heavy atom. The van der Waals surface area contributed by atoms with Gasteiger partial charge in [-0.3, -0.25) is 10.2 Å². The van der Waals surface area contributed by atoms with E-state index >= 15 is 0 Å². The minimum absolute atomic E-state index is 0.0140. The van der Waals surface area contributed by atoms with Crippen molar-refractivity contribution in [2.75, 3.05) is 24.6 Å². The van der Waals surface area contributed by atoms with Crippen molar-refractivity contribution in [2.24, 2.45) is 5.84 Å². The number of pyridine rings is 1. The number of rotatable bonds is 4. The Bertz CT molecular complexity index is 444. The number of anilines is 1. The number of hydrazine groups is 1. The summed E-state index contributed by atoms with van der Waals surface area (Å²) in [5.74, 6) is 4.75. The molecule has 0 aromatic carbocycles. The molecule has 4 N–H and O–H groups in total. The fourth-order valence-corrected chi connectivity index (χ4v) is 2.34. The lowest BCUT2D eigenvalue weighted by Gasteiger charge is -2.29. The van der Waals surface area contributed by atoms with Crippen molar-refractivity contribution in [3.8, 4) is 0 Å². The summed E-state index contributed by atoms with van der Waals surface area (Å²) in [6.45, 7) is 2.00. The Kier molecular flexibility index (Phi) is 4.70. The normalized spacial score (nSPS) is 15.4. The molecule has 104 valence electrons. The van der Waals surface area contributed by atoms with Crippen LogP contribution in [0, 0.1) is 0 Å². The molecule has 0 unspecified atom stereocenters. The summed E-state index contributed by atoms with van der Waals surface area (Å²) in [4.78, 5) is 18.1. The molecule has 1 aliphatic rings. The molecule has 19 heavy (non-hydrogen) atoms. The molecule has 0 atom stereocenters. The highest BCUT2D eigenvalue weighted by molar-refractivity contribution is 5.92. The van der Waals surface area contributed by atoms with Crippen molar-refractivity contribution in [1.29, 1.82) is 0 Å². The van der Waals surface area contributed by atoms with E-state index in [4.69, 9.17) is 10.9 Å². The van der Waals surface area contributed by atoms with Gasteiger partial charge in [-0.2, -0.15) is 0 Å². The van der Waals surface area contributed by atoms with Gasteiger partial charge in [0.15, 0.2) is 0 Å². The molecule has 0 spiro atoms. The van der Waals surface area contributed by atoms with E-state index in [1.165, 1.54) is 6.42 Å². The van der Waals surface area contributed by atoms with E-state index < -0.39 is 5.91 Å². The maximum atomic E-state index is 11.6. The van der Waals surface area contributed by atoms with Crippen molar-refractivity contribution < 1.29 is 9.90 Å². The monoisotopic (exact) mass is 264 g/mol. The molecule has 0 radical (unpaired) electrons. The standard InChI is InChI=1S/C13H20N4O2/c14-16-13(19)12-9-11(8-10(15-12)4-7-18)17-5-2-1-3-6-17/h8-9,18H,1-7,14H2,(H,16,19). The minimum Gasteiger partial charge on any atom is -0.396 e. The zero-order chi connectivity index (χ0) is 13.7. The SMILES string of the molecule is NNC(=O)c1cc(N2CCCCC2)cc(CCO)n1. The van der Waals surface area contributed by atoms with Gasteiger partial charge in [0.2, 0.25) is 0 Å². The number of carbonyl (C=O) groups excluding carboxylic acids is 1. The number of hydrogen-bond acceptors (Lipinski definition) is 5. The molecule has 6 heteroatoms. The quantitative estimate of drug-likeness (QED) is 0.411. The topological polar surface area (TPSA) is 91.5 Å². The van der Waals surface area contributed by atoms with Crippen LogP contribution in [0.4, 0.5) is 5.69 Å². The van der Waals surface area contributed by atoms with E-state index in [-0.39, 0.29) is 6.61 Å². The number of amides is 1. The Balaban J connectivity index is 2.29. The van der Waals surface area contributed by atoms with Gasteiger partial charge in [0.1, 0.15) is 5.69 Å². The van der Waals surface area contributed by atoms with Crippen LogP contribution in [-0.4, -0.2) is 35.7 Å². The molecule has 0 saturated carbocycles.